The van der Waals surface area contributed by atoms with Crippen molar-refractivity contribution >= 4 is 16.8 Å². The molecule has 1 aliphatic heterocycles. The normalized spacial score (nSPS) is 18.2. The number of H-pyrrole nitrogens is 1. The molecule has 0 saturated carbocycles. The molecule has 1 saturated heterocycles. The Labute approximate surface area is 153 Å². The second kappa shape index (κ2) is 6.79. The van der Waals surface area contributed by atoms with Crippen LogP contribution in [0.3, 0.4) is 0 Å². The molecule has 1 N–H and O–H groups in total. The molecule has 7 heteroatoms. The molecule has 2 aromatic carbocycles. The summed E-state index contributed by atoms with van der Waals surface area (Å²) in [6.07, 6.45) is -0.531. The minimum absolute atomic E-state index is 0.193. The average molecular weight is 376 g/mol. The van der Waals surface area contributed by atoms with Gasteiger partial charge in [-0.05, 0) is 55.5 Å². The van der Waals surface area contributed by atoms with E-state index in [0.717, 1.165) is 49.2 Å². The zero-order chi connectivity index (χ0) is 19.0. The van der Waals surface area contributed by atoms with E-state index in [9.17, 15) is 18.0 Å². The van der Waals surface area contributed by atoms with Crippen LogP contribution in [0.1, 0.15) is 30.4 Å². The SMILES string of the molecule is O=c1[nH]c2ccc(N3CCCCC3Cc3ccc(C(F)(F)F)cc3)cc2o1. The van der Waals surface area contributed by atoms with Crippen LogP contribution in [0.5, 0.6) is 0 Å². The molecule has 0 spiro atoms. The second-order valence-corrected chi connectivity index (χ2v) is 6.94. The van der Waals surface area contributed by atoms with Crippen LogP contribution in [-0.2, 0) is 12.6 Å². The summed E-state index contributed by atoms with van der Waals surface area (Å²) in [4.78, 5) is 16.2. The number of halogens is 3. The number of piperidine rings is 1. The Morgan fingerprint density at radius 1 is 1.11 bits per heavy atom. The molecule has 4 nitrogen and oxygen atoms in total. The maximum absolute atomic E-state index is 12.7. The molecule has 0 aliphatic carbocycles. The Balaban J connectivity index is 1.57. The van der Waals surface area contributed by atoms with Crippen molar-refractivity contribution in [2.45, 2.75) is 37.9 Å². The fourth-order valence-electron chi connectivity index (χ4n) is 3.77. The molecule has 142 valence electrons. The van der Waals surface area contributed by atoms with Gasteiger partial charge in [-0.15, -0.1) is 0 Å². The van der Waals surface area contributed by atoms with Gasteiger partial charge in [0.1, 0.15) is 0 Å². The maximum Gasteiger partial charge on any atom is 0.417 e. The molecule has 2 heterocycles. The fraction of sp³-hybridized carbons (Fsp3) is 0.350. The lowest BCUT2D eigenvalue weighted by molar-refractivity contribution is -0.137. The van der Waals surface area contributed by atoms with Gasteiger partial charge in [-0.2, -0.15) is 13.2 Å². The first-order valence-corrected chi connectivity index (χ1v) is 8.96. The highest BCUT2D eigenvalue weighted by molar-refractivity contribution is 5.77. The van der Waals surface area contributed by atoms with Crippen molar-refractivity contribution in [2.75, 3.05) is 11.4 Å². The van der Waals surface area contributed by atoms with Crippen molar-refractivity contribution in [3.8, 4) is 0 Å². The topological polar surface area (TPSA) is 49.2 Å². The Bertz CT molecular complexity index is 989. The van der Waals surface area contributed by atoms with Crippen LogP contribution in [0.15, 0.2) is 51.7 Å². The Morgan fingerprint density at radius 2 is 1.89 bits per heavy atom. The zero-order valence-corrected chi connectivity index (χ0v) is 14.6. The number of benzene rings is 2. The molecular formula is C20H19F3N2O2. The van der Waals surface area contributed by atoms with Crippen LogP contribution < -0.4 is 10.7 Å². The van der Waals surface area contributed by atoms with Crippen molar-refractivity contribution < 1.29 is 17.6 Å². The van der Waals surface area contributed by atoms with E-state index >= 15 is 0 Å². The van der Waals surface area contributed by atoms with Crippen molar-refractivity contribution in [2.24, 2.45) is 0 Å². The van der Waals surface area contributed by atoms with Crippen LogP contribution in [0, 0.1) is 0 Å². The summed E-state index contributed by atoms with van der Waals surface area (Å²) in [6, 6.07) is 11.2. The smallest absolute Gasteiger partial charge is 0.408 e. The largest absolute Gasteiger partial charge is 0.417 e. The molecule has 3 aromatic rings. The average Bonchev–Trinajstić information content (AvgIpc) is 3.01. The summed E-state index contributed by atoms with van der Waals surface area (Å²) in [5.41, 5.74) is 2.38. The van der Waals surface area contributed by atoms with E-state index in [1.807, 2.05) is 18.2 Å². The lowest BCUT2D eigenvalue weighted by Gasteiger charge is -2.37. The molecule has 0 radical (unpaired) electrons. The summed E-state index contributed by atoms with van der Waals surface area (Å²) < 4.78 is 43.4. The third-order valence-electron chi connectivity index (χ3n) is 5.12. The molecular weight excluding hydrogens is 357 g/mol. The number of fused-ring (bicyclic) bond motifs is 1. The van der Waals surface area contributed by atoms with Crippen LogP contribution in [0.4, 0.5) is 18.9 Å². The van der Waals surface area contributed by atoms with Crippen LogP contribution in [-0.4, -0.2) is 17.6 Å². The van der Waals surface area contributed by atoms with Gasteiger partial charge in [-0.1, -0.05) is 12.1 Å². The van der Waals surface area contributed by atoms with Crippen molar-refractivity contribution in [1.82, 2.24) is 4.98 Å². The first-order valence-electron chi connectivity index (χ1n) is 8.96. The Hall–Kier alpha value is -2.70. The first-order chi connectivity index (χ1) is 12.9. The number of aromatic nitrogens is 1. The number of anilines is 1. The van der Waals surface area contributed by atoms with Gasteiger partial charge < -0.3 is 9.32 Å². The number of nitrogens with one attached hydrogen (secondary N) is 1. The highest BCUT2D eigenvalue weighted by atomic mass is 19.4. The van der Waals surface area contributed by atoms with E-state index in [2.05, 4.69) is 9.88 Å². The van der Waals surface area contributed by atoms with Gasteiger partial charge in [0.15, 0.2) is 5.58 Å². The number of rotatable bonds is 3. The predicted octanol–water partition coefficient (Wildman–Crippen LogP) is 4.74. The van der Waals surface area contributed by atoms with Crippen molar-refractivity contribution in [1.29, 1.82) is 0 Å². The van der Waals surface area contributed by atoms with Crippen LogP contribution >= 0.6 is 0 Å². The minimum Gasteiger partial charge on any atom is -0.408 e. The first kappa shape index (κ1) is 17.7. The van der Waals surface area contributed by atoms with Crippen LogP contribution in [0.25, 0.3) is 11.1 Å². The van der Waals surface area contributed by atoms with E-state index in [-0.39, 0.29) is 6.04 Å². The molecule has 0 amide bonds. The highest BCUT2D eigenvalue weighted by Crippen LogP contribution is 2.31. The van der Waals surface area contributed by atoms with Gasteiger partial charge in [0.05, 0.1) is 11.1 Å². The summed E-state index contributed by atoms with van der Waals surface area (Å²) in [6.45, 7) is 0.867. The second-order valence-electron chi connectivity index (χ2n) is 6.94. The molecule has 27 heavy (non-hydrogen) atoms. The molecule has 1 atom stereocenters. The summed E-state index contributed by atoms with van der Waals surface area (Å²) in [5.74, 6) is -0.484. The quantitative estimate of drug-likeness (QED) is 0.718. The van der Waals surface area contributed by atoms with Gasteiger partial charge in [0, 0.05) is 24.3 Å². The summed E-state index contributed by atoms with van der Waals surface area (Å²) in [7, 11) is 0. The van der Waals surface area contributed by atoms with Gasteiger partial charge >= 0.3 is 11.9 Å². The molecule has 1 fully saturated rings. The monoisotopic (exact) mass is 376 g/mol. The third-order valence-corrected chi connectivity index (χ3v) is 5.12. The number of nitrogens with zero attached hydrogens (tertiary/aromatic N) is 1. The van der Waals surface area contributed by atoms with Gasteiger partial charge in [-0.25, -0.2) is 4.79 Å². The third kappa shape index (κ3) is 3.72. The fourth-order valence-corrected chi connectivity index (χ4v) is 3.77. The lowest BCUT2D eigenvalue weighted by Crippen LogP contribution is -2.41. The molecule has 4 rings (SSSR count). The van der Waals surface area contributed by atoms with Crippen molar-refractivity contribution in [3.63, 3.8) is 0 Å². The highest BCUT2D eigenvalue weighted by Gasteiger charge is 2.30. The number of alkyl halides is 3. The van der Waals surface area contributed by atoms with E-state index in [1.54, 1.807) is 12.1 Å². The van der Waals surface area contributed by atoms with Crippen molar-refractivity contribution in [3.05, 3.63) is 64.1 Å². The molecule has 1 unspecified atom stereocenters. The maximum atomic E-state index is 12.7. The van der Waals surface area contributed by atoms with Gasteiger partial charge in [0.2, 0.25) is 0 Å². The number of oxazole rings is 1. The van der Waals surface area contributed by atoms with Crippen LogP contribution in [0.2, 0.25) is 0 Å². The Kier molecular flexibility index (Phi) is 4.45. The lowest BCUT2D eigenvalue weighted by atomic mass is 9.94. The zero-order valence-electron chi connectivity index (χ0n) is 14.6. The van der Waals surface area contributed by atoms with Gasteiger partial charge in [-0.3, -0.25) is 4.98 Å². The van der Waals surface area contributed by atoms with E-state index < -0.39 is 17.5 Å². The molecule has 1 aliphatic rings. The number of hydrogen-bond acceptors (Lipinski definition) is 3. The number of aromatic amines is 1. The van der Waals surface area contributed by atoms with E-state index in [4.69, 9.17) is 4.42 Å². The number of hydrogen-bond donors (Lipinski definition) is 1. The molecule has 1 aromatic heterocycles. The standard InChI is InChI=1S/C20H19F3N2O2/c21-20(22,23)14-6-4-13(5-7-14)11-15-3-1-2-10-25(15)16-8-9-17-18(12-16)27-19(26)24-17/h4-9,12,15H,1-3,10-11H2,(H,24,26). The predicted molar refractivity (Wildman–Crippen MR) is 97.0 cm³/mol. The summed E-state index contributed by atoms with van der Waals surface area (Å²) in [5, 5.41) is 0. The van der Waals surface area contributed by atoms with Gasteiger partial charge in [0.25, 0.3) is 0 Å². The van der Waals surface area contributed by atoms with E-state index in [0.29, 0.717) is 17.5 Å². The molecule has 0 bridgehead atoms. The summed E-state index contributed by atoms with van der Waals surface area (Å²) >= 11 is 0. The van der Waals surface area contributed by atoms with E-state index in [1.165, 1.54) is 0 Å². The Morgan fingerprint density at radius 3 is 2.63 bits per heavy atom. The minimum atomic E-state index is -4.31.